The molecule has 0 fully saturated rings. The normalized spacial score (nSPS) is 12.0. The summed E-state index contributed by atoms with van der Waals surface area (Å²) in [6.07, 6.45) is 0.820. The van der Waals surface area contributed by atoms with Crippen molar-refractivity contribution in [3.63, 3.8) is 0 Å². The number of nitrogens with one attached hydrogen (secondary N) is 1. The zero-order valence-corrected chi connectivity index (χ0v) is 17.0. The van der Waals surface area contributed by atoms with Gasteiger partial charge in [0.25, 0.3) is 0 Å². The maximum absolute atomic E-state index is 12.7. The molecule has 1 aromatic heterocycles. The third-order valence-corrected chi connectivity index (χ3v) is 5.25. The zero-order chi connectivity index (χ0) is 20.9. The van der Waals surface area contributed by atoms with Gasteiger partial charge in [-0.05, 0) is 41.8 Å². The summed E-state index contributed by atoms with van der Waals surface area (Å²) in [5, 5.41) is 3.76. The van der Waals surface area contributed by atoms with E-state index in [2.05, 4.69) is 5.32 Å². The number of halogens is 1. The van der Waals surface area contributed by atoms with Crippen LogP contribution in [0.1, 0.15) is 30.0 Å². The van der Waals surface area contributed by atoms with Gasteiger partial charge in [-0.2, -0.15) is 0 Å². The molecule has 0 saturated carbocycles. The molecule has 1 atom stereocenters. The molecule has 0 radical (unpaired) electrons. The molecule has 0 aliphatic rings. The Labute approximate surface area is 178 Å². The van der Waals surface area contributed by atoms with Crippen molar-refractivity contribution < 1.29 is 9.21 Å². The Morgan fingerprint density at radius 1 is 0.933 bits per heavy atom. The van der Waals surface area contributed by atoms with Crippen LogP contribution in [0.25, 0.3) is 11.1 Å². The van der Waals surface area contributed by atoms with Gasteiger partial charge >= 0.3 is 5.76 Å². The van der Waals surface area contributed by atoms with E-state index in [9.17, 15) is 9.59 Å². The summed E-state index contributed by atoms with van der Waals surface area (Å²) in [5.74, 6) is -0.486. The van der Waals surface area contributed by atoms with Crippen LogP contribution in [0.3, 0.4) is 0 Å². The highest BCUT2D eigenvalue weighted by atomic mass is 35.5. The monoisotopic (exact) mass is 420 g/mol. The van der Waals surface area contributed by atoms with Crippen LogP contribution in [0.15, 0.2) is 88.1 Å². The van der Waals surface area contributed by atoms with Crippen LogP contribution in [0.4, 0.5) is 0 Å². The predicted molar refractivity (Wildman–Crippen MR) is 118 cm³/mol. The predicted octanol–water partition coefficient (Wildman–Crippen LogP) is 4.93. The van der Waals surface area contributed by atoms with E-state index >= 15 is 0 Å². The lowest BCUT2D eigenvalue weighted by atomic mass is 9.98. The molecule has 0 bridgehead atoms. The molecular formula is C24H21ClN2O3. The number of nitrogens with zero attached hydrogens (tertiary/aromatic N) is 1. The Bertz CT molecular complexity index is 1200. The van der Waals surface area contributed by atoms with Crippen LogP contribution < -0.4 is 11.1 Å². The summed E-state index contributed by atoms with van der Waals surface area (Å²) in [7, 11) is 0. The van der Waals surface area contributed by atoms with Gasteiger partial charge in [0.1, 0.15) is 0 Å². The molecule has 1 N–H and O–H groups in total. The molecule has 6 heteroatoms. The number of rotatable bonds is 7. The molecular weight excluding hydrogens is 400 g/mol. The van der Waals surface area contributed by atoms with Crippen molar-refractivity contribution >= 4 is 28.6 Å². The van der Waals surface area contributed by atoms with Gasteiger partial charge in [-0.1, -0.05) is 66.2 Å². The first-order valence-electron chi connectivity index (χ1n) is 9.80. The number of hydrogen-bond donors (Lipinski definition) is 1. The van der Waals surface area contributed by atoms with Crippen molar-refractivity contribution in [3.05, 3.63) is 106 Å². The summed E-state index contributed by atoms with van der Waals surface area (Å²) in [4.78, 5) is 24.8. The SMILES string of the molecule is O=C(CCCn1c(=O)oc2ccccc21)NC(c1ccccc1)c1ccc(Cl)cc1. The first-order valence-corrected chi connectivity index (χ1v) is 10.2. The van der Waals surface area contributed by atoms with Crippen molar-refractivity contribution in [2.24, 2.45) is 0 Å². The summed E-state index contributed by atoms with van der Waals surface area (Å²) in [6.45, 7) is 0.417. The van der Waals surface area contributed by atoms with Gasteiger partial charge in [0.2, 0.25) is 5.91 Å². The van der Waals surface area contributed by atoms with E-state index in [4.69, 9.17) is 16.0 Å². The second-order valence-corrected chi connectivity index (χ2v) is 7.49. The van der Waals surface area contributed by atoms with E-state index in [1.54, 1.807) is 10.6 Å². The number of fused-ring (bicyclic) bond motifs is 1. The smallest absolute Gasteiger partial charge is 0.408 e. The van der Waals surface area contributed by atoms with Gasteiger partial charge in [-0.15, -0.1) is 0 Å². The lowest BCUT2D eigenvalue weighted by Gasteiger charge is -2.20. The van der Waals surface area contributed by atoms with Crippen LogP contribution in [-0.2, 0) is 11.3 Å². The number of para-hydroxylation sites is 2. The molecule has 152 valence electrons. The molecule has 0 spiro atoms. The zero-order valence-electron chi connectivity index (χ0n) is 16.3. The van der Waals surface area contributed by atoms with Gasteiger partial charge in [0.15, 0.2) is 5.58 Å². The molecule has 0 aliphatic heterocycles. The molecule has 4 rings (SSSR count). The van der Waals surface area contributed by atoms with Crippen molar-refractivity contribution in [3.8, 4) is 0 Å². The minimum absolute atomic E-state index is 0.0837. The van der Waals surface area contributed by atoms with Gasteiger partial charge in [-0.3, -0.25) is 9.36 Å². The number of aromatic nitrogens is 1. The molecule has 0 aliphatic carbocycles. The van der Waals surface area contributed by atoms with E-state index < -0.39 is 5.76 Å². The highest BCUT2D eigenvalue weighted by Gasteiger charge is 2.17. The van der Waals surface area contributed by atoms with Gasteiger partial charge in [-0.25, -0.2) is 4.79 Å². The number of aryl methyl sites for hydroxylation is 1. The lowest BCUT2D eigenvalue weighted by molar-refractivity contribution is -0.121. The topological polar surface area (TPSA) is 64.2 Å². The van der Waals surface area contributed by atoms with Crippen LogP contribution >= 0.6 is 11.6 Å². The number of oxazole rings is 1. The molecule has 1 heterocycles. The summed E-state index contributed by atoms with van der Waals surface area (Å²) in [6, 6.07) is 24.3. The average molecular weight is 421 g/mol. The Morgan fingerprint density at radius 2 is 1.60 bits per heavy atom. The second kappa shape index (κ2) is 9.01. The molecule has 3 aromatic carbocycles. The van der Waals surface area contributed by atoms with E-state index in [0.29, 0.717) is 30.0 Å². The first kappa shape index (κ1) is 20.0. The van der Waals surface area contributed by atoms with Crippen molar-refractivity contribution in [1.29, 1.82) is 0 Å². The maximum Gasteiger partial charge on any atom is 0.419 e. The van der Waals surface area contributed by atoms with Crippen LogP contribution in [0.2, 0.25) is 5.02 Å². The average Bonchev–Trinajstić information content (AvgIpc) is 3.09. The fraction of sp³-hybridized carbons (Fsp3) is 0.167. The third-order valence-electron chi connectivity index (χ3n) is 5.00. The number of carbonyl (C=O) groups is 1. The largest absolute Gasteiger partial charge is 0.419 e. The van der Waals surface area contributed by atoms with Crippen molar-refractivity contribution in [1.82, 2.24) is 9.88 Å². The number of benzene rings is 3. The second-order valence-electron chi connectivity index (χ2n) is 7.05. The summed E-state index contributed by atoms with van der Waals surface area (Å²) in [5.41, 5.74) is 3.24. The highest BCUT2D eigenvalue weighted by molar-refractivity contribution is 6.30. The Morgan fingerprint density at radius 3 is 2.37 bits per heavy atom. The van der Waals surface area contributed by atoms with Crippen molar-refractivity contribution in [2.45, 2.75) is 25.4 Å². The molecule has 0 saturated heterocycles. The third kappa shape index (κ3) is 4.47. The Kier molecular flexibility index (Phi) is 6.00. The van der Waals surface area contributed by atoms with Gasteiger partial charge in [0.05, 0.1) is 11.6 Å². The minimum atomic E-state index is -0.403. The first-order chi connectivity index (χ1) is 14.6. The standard InChI is InChI=1S/C24H21ClN2O3/c25-19-14-12-18(13-15-19)23(17-7-2-1-3-8-17)26-22(28)11-6-16-27-20-9-4-5-10-21(20)30-24(27)29/h1-5,7-10,12-15,23H,6,11,16H2,(H,26,28). The van der Waals surface area contributed by atoms with E-state index in [0.717, 1.165) is 16.6 Å². The van der Waals surface area contributed by atoms with E-state index in [1.165, 1.54) is 0 Å². The Hall–Kier alpha value is -3.31. The number of amides is 1. The molecule has 1 unspecified atom stereocenters. The molecule has 4 aromatic rings. The van der Waals surface area contributed by atoms with Crippen LogP contribution in [-0.4, -0.2) is 10.5 Å². The minimum Gasteiger partial charge on any atom is -0.408 e. The quantitative estimate of drug-likeness (QED) is 0.461. The molecule has 30 heavy (non-hydrogen) atoms. The highest BCUT2D eigenvalue weighted by Crippen LogP contribution is 2.24. The maximum atomic E-state index is 12.7. The van der Waals surface area contributed by atoms with Gasteiger partial charge in [0, 0.05) is 18.0 Å². The summed E-state index contributed by atoms with van der Waals surface area (Å²) >= 11 is 6.02. The number of carbonyl (C=O) groups excluding carboxylic acids is 1. The molecule has 1 amide bonds. The lowest BCUT2D eigenvalue weighted by Crippen LogP contribution is -2.29. The fourth-order valence-electron chi connectivity index (χ4n) is 3.52. The van der Waals surface area contributed by atoms with Gasteiger partial charge < -0.3 is 9.73 Å². The van der Waals surface area contributed by atoms with Crippen LogP contribution in [0, 0.1) is 0 Å². The number of hydrogen-bond acceptors (Lipinski definition) is 3. The van der Waals surface area contributed by atoms with Crippen molar-refractivity contribution in [2.75, 3.05) is 0 Å². The van der Waals surface area contributed by atoms with E-state index in [-0.39, 0.29) is 11.9 Å². The summed E-state index contributed by atoms with van der Waals surface area (Å²) < 4.78 is 6.81. The van der Waals surface area contributed by atoms with E-state index in [1.807, 2.05) is 72.8 Å². The van der Waals surface area contributed by atoms with Crippen LogP contribution in [0.5, 0.6) is 0 Å². The fourth-order valence-corrected chi connectivity index (χ4v) is 3.64. The molecule has 5 nitrogen and oxygen atoms in total. The Balaban J connectivity index is 1.44.